The number of fused-ring (bicyclic) bond motifs is 1. The van der Waals surface area contributed by atoms with E-state index in [1.165, 1.54) is 4.31 Å². The topological polar surface area (TPSA) is 92.8 Å². The Kier molecular flexibility index (Phi) is 5.85. The molecule has 164 valence electrons. The van der Waals surface area contributed by atoms with Gasteiger partial charge in [-0.3, -0.25) is 4.79 Å². The first kappa shape index (κ1) is 21.5. The average Bonchev–Trinajstić information content (AvgIpc) is 2.78. The van der Waals surface area contributed by atoms with E-state index in [1.807, 2.05) is 12.1 Å². The van der Waals surface area contributed by atoms with Crippen LogP contribution in [0.1, 0.15) is 35.7 Å². The standard InChI is InChI=1S/C23H26N2O5S/c1-23(15-18-7-5-6-10-20(18)21(26)30-23)22(27)24-16-17-11-13-25(14-12-17)31(28,29)19-8-3-2-4-9-19/h2-10,17H,11-16H2,1H3,(H,24,27). The SMILES string of the molecule is CC1(C(=O)NCC2CCN(S(=O)(=O)c3ccccc3)CC2)Cc2ccccc2C(=O)O1. The van der Waals surface area contributed by atoms with Crippen molar-refractivity contribution < 1.29 is 22.7 Å². The summed E-state index contributed by atoms with van der Waals surface area (Å²) in [5, 5.41) is 2.92. The van der Waals surface area contributed by atoms with Crippen LogP contribution in [0.25, 0.3) is 0 Å². The van der Waals surface area contributed by atoms with Gasteiger partial charge in [-0.1, -0.05) is 36.4 Å². The fourth-order valence-electron chi connectivity index (χ4n) is 4.18. The second-order valence-electron chi connectivity index (χ2n) is 8.32. The summed E-state index contributed by atoms with van der Waals surface area (Å²) < 4.78 is 32.5. The largest absolute Gasteiger partial charge is 0.445 e. The van der Waals surface area contributed by atoms with Crippen LogP contribution in [-0.4, -0.2) is 49.8 Å². The number of sulfonamides is 1. The Bertz CT molecular complexity index is 1080. The summed E-state index contributed by atoms with van der Waals surface area (Å²) in [7, 11) is -3.49. The molecule has 7 nitrogen and oxygen atoms in total. The lowest BCUT2D eigenvalue weighted by Gasteiger charge is -2.34. The van der Waals surface area contributed by atoms with Gasteiger partial charge in [0.1, 0.15) is 0 Å². The minimum absolute atomic E-state index is 0.168. The number of esters is 1. The number of carbonyl (C=O) groups excluding carboxylic acids is 2. The molecule has 0 aliphatic carbocycles. The molecule has 4 rings (SSSR count). The molecule has 1 saturated heterocycles. The van der Waals surface area contributed by atoms with Gasteiger partial charge in [0.15, 0.2) is 5.60 Å². The van der Waals surface area contributed by atoms with Gasteiger partial charge in [-0.05, 0) is 49.4 Å². The fraction of sp³-hybridized carbons (Fsp3) is 0.391. The van der Waals surface area contributed by atoms with Crippen molar-refractivity contribution in [3.05, 3.63) is 65.7 Å². The first-order valence-electron chi connectivity index (χ1n) is 10.4. The molecule has 0 saturated carbocycles. The zero-order valence-electron chi connectivity index (χ0n) is 17.4. The summed E-state index contributed by atoms with van der Waals surface area (Å²) in [6, 6.07) is 15.6. The van der Waals surface area contributed by atoms with E-state index in [2.05, 4.69) is 5.32 Å². The van der Waals surface area contributed by atoms with Crippen LogP contribution in [0.4, 0.5) is 0 Å². The van der Waals surface area contributed by atoms with Gasteiger partial charge in [-0.2, -0.15) is 4.31 Å². The maximum absolute atomic E-state index is 12.8. The molecule has 31 heavy (non-hydrogen) atoms. The third kappa shape index (κ3) is 4.36. The van der Waals surface area contributed by atoms with Crippen molar-refractivity contribution >= 4 is 21.9 Å². The van der Waals surface area contributed by atoms with Gasteiger partial charge in [0.25, 0.3) is 5.91 Å². The number of hydrogen-bond acceptors (Lipinski definition) is 5. The quantitative estimate of drug-likeness (QED) is 0.718. The lowest BCUT2D eigenvalue weighted by Crippen LogP contribution is -2.53. The van der Waals surface area contributed by atoms with E-state index < -0.39 is 21.6 Å². The highest BCUT2D eigenvalue weighted by molar-refractivity contribution is 7.89. The van der Waals surface area contributed by atoms with Crippen LogP contribution < -0.4 is 5.32 Å². The summed E-state index contributed by atoms with van der Waals surface area (Å²) >= 11 is 0. The number of nitrogens with zero attached hydrogens (tertiary/aromatic N) is 1. The van der Waals surface area contributed by atoms with Crippen molar-refractivity contribution in [2.45, 2.75) is 36.7 Å². The molecule has 1 N–H and O–H groups in total. The lowest BCUT2D eigenvalue weighted by molar-refractivity contribution is -0.140. The monoisotopic (exact) mass is 442 g/mol. The molecule has 0 radical (unpaired) electrons. The Morgan fingerprint density at radius 1 is 1.10 bits per heavy atom. The van der Waals surface area contributed by atoms with Crippen LogP contribution in [0, 0.1) is 5.92 Å². The van der Waals surface area contributed by atoms with Crippen LogP contribution in [0.3, 0.4) is 0 Å². The summed E-state index contributed by atoms with van der Waals surface area (Å²) in [6.07, 6.45) is 1.64. The summed E-state index contributed by atoms with van der Waals surface area (Å²) in [5.41, 5.74) is 0.0542. The van der Waals surface area contributed by atoms with Crippen LogP contribution in [0.15, 0.2) is 59.5 Å². The highest BCUT2D eigenvalue weighted by Gasteiger charge is 2.42. The number of nitrogens with one attached hydrogen (secondary N) is 1. The van der Waals surface area contributed by atoms with Gasteiger partial charge in [0.05, 0.1) is 10.5 Å². The predicted octanol–water partition coefficient (Wildman–Crippen LogP) is 2.38. The Morgan fingerprint density at radius 2 is 1.74 bits per heavy atom. The number of rotatable bonds is 5. The van der Waals surface area contributed by atoms with E-state index in [-0.39, 0.29) is 11.8 Å². The maximum atomic E-state index is 12.8. The number of benzene rings is 2. The van der Waals surface area contributed by atoms with Gasteiger partial charge in [0, 0.05) is 26.1 Å². The Balaban J connectivity index is 1.32. The molecule has 8 heteroatoms. The number of hydrogen-bond donors (Lipinski definition) is 1. The number of carbonyl (C=O) groups is 2. The Labute approximate surface area is 182 Å². The number of piperidine rings is 1. The normalized spacial score (nSPS) is 22.4. The predicted molar refractivity (Wildman–Crippen MR) is 115 cm³/mol. The van der Waals surface area contributed by atoms with Crippen molar-refractivity contribution in [3.8, 4) is 0 Å². The number of cyclic esters (lactones) is 1. The molecule has 1 atom stereocenters. The van der Waals surface area contributed by atoms with Crippen molar-refractivity contribution in [3.63, 3.8) is 0 Å². The highest BCUT2D eigenvalue weighted by Crippen LogP contribution is 2.29. The third-order valence-corrected chi connectivity index (χ3v) is 7.98. The molecule has 1 unspecified atom stereocenters. The fourth-order valence-corrected chi connectivity index (χ4v) is 5.67. The van der Waals surface area contributed by atoms with Gasteiger partial charge in [-0.25, -0.2) is 13.2 Å². The molecular formula is C23H26N2O5S. The van der Waals surface area contributed by atoms with Crippen molar-refractivity contribution in [1.29, 1.82) is 0 Å². The summed E-state index contributed by atoms with van der Waals surface area (Å²) in [4.78, 5) is 25.4. The third-order valence-electron chi connectivity index (χ3n) is 6.07. The van der Waals surface area contributed by atoms with E-state index in [1.54, 1.807) is 49.4 Å². The second-order valence-corrected chi connectivity index (χ2v) is 10.3. The van der Waals surface area contributed by atoms with E-state index in [9.17, 15) is 18.0 Å². The minimum Gasteiger partial charge on any atom is -0.445 e. The lowest BCUT2D eigenvalue weighted by atomic mass is 9.89. The van der Waals surface area contributed by atoms with Crippen LogP contribution in [0.2, 0.25) is 0 Å². The van der Waals surface area contributed by atoms with E-state index in [4.69, 9.17) is 4.74 Å². The molecule has 2 aliphatic rings. The first-order chi connectivity index (χ1) is 14.8. The zero-order valence-corrected chi connectivity index (χ0v) is 18.2. The zero-order chi connectivity index (χ0) is 22.1. The van der Waals surface area contributed by atoms with Gasteiger partial charge in [0.2, 0.25) is 10.0 Å². The van der Waals surface area contributed by atoms with Crippen molar-refractivity contribution in [2.24, 2.45) is 5.92 Å². The molecule has 2 aliphatic heterocycles. The van der Waals surface area contributed by atoms with E-state index in [0.29, 0.717) is 49.4 Å². The molecule has 1 fully saturated rings. The maximum Gasteiger partial charge on any atom is 0.339 e. The number of ether oxygens (including phenoxy) is 1. The van der Waals surface area contributed by atoms with Crippen LogP contribution in [0.5, 0.6) is 0 Å². The Hall–Kier alpha value is -2.71. The van der Waals surface area contributed by atoms with Crippen molar-refractivity contribution in [2.75, 3.05) is 19.6 Å². The number of amides is 1. The van der Waals surface area contributed by atoms with E-state index in [0.717, 1.165) is 5.56 Å². The molecule has 2 heterocycles. The Morgan fingerprint density at radius 3 is 2.45 bits per heavy atom. The molecule has 0 spiro atoms. The molecule has 0 bridgehead atoms. The van der Waals surface area contributed by atoms with Crippen LogP contribution >= 0.6 is 0 Å². The minimum atomic E-state index is -3.49. The molecule has 2 aromatic rings. The molecule has 2 aromatic carbocycles. The van der Waals surface area contributed by atoms with Crippen molar-refractivity contribution in [1.82, 2.24) is 9.62 Å². The second kappa shape index (κ2) is 8.43. The van der Waals surface area contributed by atoms with Gasteiger partial charge >= 0.3 is 5.97 Å². The first-order valence-corrected chi connectivity index (χ1v) is 11.9. The van der Waals surface area contributed by atoms with Gasteiger partial charge < -0.3 is 10.1 Å². The molecular weight excluding hydrogens is 416 g/mol. The van der Waals surface area contributed by atoms with Gasteiger partial charge in [-0.15, -0.1) is 0 Å². The van der Waals surface area contributed by atoms with E-state index >= 15 is 0 Å². The average molecular weight is 443 g/mol. The summed E-state index contributed by atoms with van der Waals surface area (Å²) in [5.74, 6) is -0.644. The molecule has 1 amide bonds. The highest BCUT2D eigenvalue weighted by atomic mass is 32.2. The summed E-state index contributed by atoms with van der Waals surface area (Å²) in [6.45, 7) is 2.88. The molecule has 0 aromatic heterocycles. The smallest absolute Gasteiger partial charge is 0.339 e. The van der Waals surface area contributed by atoms with Crippen LogP contribution in [-0.2, 0) is 26.0 Å².